The Bertz CT molecular complexity index is 626. The summed E-state index contributed by atoms with van der Waals surface area (Å²) in [6, 6.07) is 8.16. The van der Waals surface area contributed by atoms with E-state index < -0.39 is 0 Å². The van der Waals surface area contributed by atoms with Crippen LogP contribution >= 0.6 is 11.6 Å². The van der Waals surface area contributed by atoms with Gasteiger partial charge in [-0.2, -0.15) is 5.10 Å². The topological polar surface area (TPSA) is 27.1 Å². The Balaban J connectivity index is 2.26. The fourth-order valence-corrected chi connectivity index (χ4v) is 2.56. The second kappa shape index (κ2) is 6.10. The first kappa shape index (κ1) is 15.9. The molecular weight excluding hydrogens is 284 g/mol. The molecule has 0 bridgehead atoms. The quantitative estimate of drug-likeness (QED) is 0.815. The number of hydrogen-bond donors (Lipinski definition) is 0. The average molecular weight is 307 g/mol. The summed E-state index contributed by atoms with van der Waals surface area (Å²) < 4.78 is 7.94. The lowest BCUT2D eigenvalue weighted by atomic mass is 9.86. The minimum absolute atomic E-state index is 0.0430. The van der Waals surface area contributed by atoms with Gasteiger partial charge in [0.2, 0.25) is 0 Å². The van der Waals surface area contributed by atoms with E-state index in [1.54, 1.807) is 0 Å². The van der Waals surface area contributed by atoms with E-state index >= 15 is 0 Å². The van der Waals surface area contributed by atoms with Crippen molar-refractivity contribution in [3.8, 4) is 5.75 Å². The number of hydrogen-bond acceptors (Lipinski definition) is 2. The molecule has 114 valence electrons. The molecule has 0 N–H and O–H groups in total. The summed E-state index contributed by atoms with van der Waals surface area (Å²) in [7, 11) is 0. The minimum Gasteiger partial charge on any atom is -0.487 e. The molecule has 0 atom stereocenters. The van der Waals surface area contributed by atoms with Gasteiger partial charge in [0.25, 0.3) is 0 Å². The lowest BCUT2D eigenvalue weighted by Gasteiger charge is -2.22. The molecule has 1 aromatic heterocycles. The van der Waals surface area contributed by atoms with Crippen molar-refractivity contribution < 1.29 is 4.74 Å². The Morgan fingerprint density at radius 3 is 2.52 bits per heavy atom. The van der Waals surface area contributed by atoms with E-state index in [0.29, 0.717) is 11.6 Å². The van der Waals surface area contributed by atoms with Crippen LogP contribution in [0, 0.1) is 6.92 Å². The molecule has 0 saturated carbocycles. The van der Waals surface area contributed by atoms with Crippen molar-refractivity contribution in [2.75, 3.05) is 0 Å². The molecule has 0 aliphatic rings. The van der Waals surface area contributed by atoms with Crippen molar-refractivity contribution in [2.24, 2.45) is 0 Å². The number of rotatable bonds is 4. The summed E-state index contributed by atoms with van der Waals surface area (Å²) in [6.45, 7) is 11.7. The number of para-hydroxylation sites is 1. The van der Waals surface area contributed by atoms with Gasteiger partial charge in [0.1, 0.15) is 12.4 Å². The van der Waals surface area contributed by atoms with Gasteiger partial charge in [0.05, 0.1) is 16.4 Å². The summed E-state index contributed by atoms with van der Waals surface area (Å²) >= 11 is 6.33. The van der Waals surface area contributed by atoms with Crippen LogP contribution in [0.15, 0.2) is 24.3 Å². The highest BCUT2D eigenvalue weighted by atomic mass is 35.5. The van der Waals surface area contributed by atoms with Crippen LogP contribution in [0.2, 0.25) is 5.02 Å². The van der Waals surface area contributed by atoms with E-state index in [4.69, 9.17) is 16.3 Å². The first-order chi connectivity index (χ1) is 9.84. The van der Waals surface area contributed by atoms with E-state index in [-0.39, 0.29) is 5.41 Å². The third kappa shape index (κ3) is 3.41. The fraction of sp³-hybridized carbons (Fsp3) is 0.471. The molecule has 0 amide bonds. The largest absolute Gasteiger partial charge is 0.487 e. The maximum absolute atomic E-state index is 6.33. The van der Waals surface area contributed by atoms with Crippen LogP contribution in [0.4, 0.5) is 0 Å². The van der Waals surface area contributed by atoms with Crippen molar-refractivity contribution in [2.45, 2.75) is 53.2 Å². The number of nitrogens with zero attached hydrogens (tertiary/aromatic N) is 2. The predicted molar refractivity (Wildman–Crippen MR) is 87.1 cm³/mol. The molecular formula is C17H23ClN2O. The first-order valence-corrected chi connectivity index (χ1v) is 7.66. The molecule has 0 fully saturated rings. The Hall–Kier alpha value is -1.48. The van der Waals surface area contributed by atoms with Gasteiger partial charge in [0.15, 0.2) is 0 Å². The second-order valence-electron chi connectivity index (χ2n) is 6.20. The van der Waals surface area contributed by atoms with Gasteiger partial charge in [-0.15, -0.1) is 0 Å². The molecule has 0 aliphatic carbocycles. The Labute approximate surface area is 131 Å². The number of aryl methyl sites for hydroxylation is 2. The molecule has 0 saturated heterocycles. The Morgan fingerprint density at radius 1 is 1.24 bits per heavy atom. The van der Waals surface area contributed by atoms with E-state index in [9.17, 15) is 0 Å². The molecule has 2 rings (SSSR count). The highest BCUT2D eigenvalue weighted by Crippen LogP contribution is 2.32. The van der Waals surface area contributed by atoms with E-state index in [0.717, 1.165) is 23.7 Å². The van der Waals surface area contributed by atoms with Gasteiger partial charge in [-0.1, -0.05) is 50.6 Å². The molecule has 0 aliphatic heterocycles. The molecule has 21 heavy (non-hydrogen) atoms. The molecule has 0 unspecified atom stereocenters. The zero-order valence-electron chi connectivity index (χ0n) is 13.4. The summed E-state index contributed by atoms with van der Waals surface area (Å²) in [5, 5.41) is 5.12. The van der Waals surface area contributed by atoms with Crippen LogP contribution in [0.1, 0.15) is 44.6 Å². The highest BCUT2D eigenvalue weighted by molar-refractivity contribution is 6.31. The maximum atomic E-state index is 6.33. The number of aromatic nitrogens is 2. The van der Waals surface area contributed by atoms with Crippen LogP contribution in [0.5, 0.6) is 5.75 Å². The Kier molecular flexibility index (Phi) is 4.62. The Morgan fingerprint density at radius 2 is 1.90 bits per heavy atom. The van der Waals surface area contributed by atoms with Crippen molar-refractivity contribution in [1.82, 2.24) is 9.78 Å². The summed E-state index contributed by atoms with van der Waals surface area (Å²) in [6.07, 6.45) is 0. The van der Waals surface area contributed by atoms with Gasteiger partial charge in [-0.3, -0.25) is 4.68 Å². The molecule has 1 aromatic carbocycles. The van der Waals surface area contributed by atoms with Gasteiger partial charge in [0, 0.05) is 6.54 Å². The van der Waals surface area contributed by atoms with Crippen LogP contribution in [-0.4, -0.2) is 9.78 Å². The summed E-state index contributed by atoms with van der Waals surface area (Å²) in [5.41, 5.74) is 3.02. The molecule has 2 aromatic rings. The van der Waals surface area contributed by atoms with Gasteiger partial charge < -0.3 is 4.74 Å². The number of halogens is 1. The van der Waals surface area contributed by atoms with E-state index in [1.165, 1.54) is 5.56 Å². The van der Waals surface area contributed by atoms with Gasteiger partial charge in [-0.05, 0) is 30.9 Å². The van der Waals surface area contributed by atoms with E-state index in [1.807, 2.05) is 29.8 Å². The smallest absolute Gasteiger partial charge is 0.131 e. The standard InChI is InChI=1S/C17H23ClN2O/c1-6-20-14(16(18)12(2)19-20)11-21-15-10-8-7-9-13(15)17(3,4)5/h7-10H,6,11H2,1-5H3. The average Bonchev–Trinajstić information content (AvgIpc) is 2.71. The summed E-state index contributed by atoms with van der Waals surface area (Å²) in [4.78, 5) is 0. The lowest BCUT2D eigenvalue weighted by molar-refractivity contribution is 0.285. The van der Waals surface area contributed by atoms with Gasteiger partial charge in [-0.25, -0.2) is 0 Å². The minimum atomic E-state index is 0.0430. The predicted octanol–water partition coefficient (Wildman–Crippen LogP) is 4.74. The van der Waals surface area contributed by atoms with Crippen molar-refractivity contribution in [3.63, 3.8) is 0 Å². The van der Waals surface area contributed by atoms with E-state index in [2.05, 4.69) is 38.9 Å². The van der Waals surface area contributed by atoms with Gasteiger partial charge >= 0.3 is 0 Å². The number of ether oxygens (including phenoxy) is 1. The second-order valence-corrected chi connectivity index (χ2v) is 6.57. The van der Waals surface area contributed by atoms with Crippen LogP contribution < -0.4 is 4.74 Å². The SMILES string of the molecule is CCn1nc(C)c(Cl)c1COc1ccccc1C(C)(C)C. The van der Waals surface area contributed by atoms with Crippen molar-refractivity contribution in [1.29, 1.82) is 0 Å². The molecule has 1 heterocycles. The van der Waals surface area contributed by atoms with Crippen LogP contribution in [0.25, 0.3) is 0 Å². The summed E-state index contributed by atoms with van der Waals surface area (Å²) in [5.74, 6) is 0.905. The first-order valence-electron chi connectivity index (χ1n) is 7.28. The fourth-order valence-electron chi connectivity index (χ4n) is 2.37. The molecule has 0 radical (unpaired) electrons. The highest BCUT2D eigenvalue weighted by Gasteiger charge is 2.19. The monoisotopic (exact) mass is 306 g/mol. The molecule has 4 heteroatoms. The maximum Gasteiger partial charge on any atom is 0.131 e. The normalized spacial score (nSPS) is 11.7. The molecule has 0 spiro atoms. The van der Waals surface area contributed by atoms with Crippen molar-refractivity contribution >= 4 is 11.6 Å². The lowest BCUT2D eigenvalue weighted by Crippen LogP contribution is -2.14. The zero-order chi connectivity index (χ0) is 15.6. The van der Waals surface area contributed by atoms with Crippen LogP contribution in [0.3, 0.4) is 0 Å². The van der Waals surface area contributed by atoms with Crippen molar-refractivity contribution in [3.05, 3.63) is 46.2 Å². The molecule has 3 nitrogen and oxygen atoms in total. The third-order valence-electron chi connectivity index (χ3n) is 3.51. The third-order valence-corrected chi connectivity index (χ3v) is 4.00. The number of benzene rings is 1. The zero-order valence-corrected chi connectivity index (χ0v) is 14.2. The van der Waals surface area contributed by atoms with Crippen LogP contribution in [-0.2, 0) is 18.6 Å².